The van der Waals surface area contributed by atoms with Gasteiger partial charge in [-0.3, -0.25) is 4.79 Å². The highest BCUT2D eigenvalue weighted by molar-refractivity contribution is 7.89. The molecule has 0 aromatic heterocycles. The number of carbonyl (C=O) groups is 1. The van der Waals surface area contributed by atoms with E-state index in [9.17, 15) is 13.2 Å². The van der Waals surface area contributed by atoms with Gasteiger partial charge in [0.1, 0.15) is 16.7 Å². The van der Waals surface area contributed by atoms with Gasteiger partial charge in [-0.1, -0.05) is 54.1 Å². The largest absolute Gasteiger partial charge is 0.495 e. The third-order valence-corrected chi connectivity index (χ3v) is 6.33. The Hall–Kier alpha value is -2.87. The molecule has 31 heavy (non-hydrogen) atoms. The van der Waals surface area contributed by atoms with E-state index < -0.39 is 22.0 Å². The minimum atomic E-state index is -4.05. The van der Waals surface area contributed by atoms with Gasteiger partial charge in [0.15, 0.2) is 0 Å². The lowest BCUT2D eigenvalue weighted by Crippen LogP contribution is -2.45. The molecule has 0 bridgehead atoms. The van der Waals surface area contributed by atoms with Crippen LogP contribution in [0, 0.1) is 6.92 Å². The molecule has 0 unspecified atom stereocenters. The van der Waals surface area contributed by atoms with Crippen molar-refractivity contribution < 1.29 is 17.9 Å². The summed E-state index contributed by atoms with van der Waals surface area (Å²) in [6.45, 7) is 1.78. The summed E-state index contributed by atoms with van der Waals surface area (Å²) in [5.74, 6) is -0.298. The molecule has 3 aromatic rings. The molecule has 0 saturated heterocycles. The summed E-state index contributed by atoms with van der Waals surface area (Å²) in [6, 6.07) is 19.6. The van der Waals surface area contributed by atoms with Crippen LogP contribution in [-0.4, -0.2) is 27.5 Å². The van der Waals surface area contributed by atoms with Crippen LogP contribution in [0.4, 0.5) is 5.69 Å². The normalized spacial score (nSPS) is 12.2. The number of amides is 1. The number of halogens is 1. The molecule has 2 N–H and O–H groups in total. The van der Waals surface area contributed by atoms with Gasteiger partial charge in [0, 0.05) is 10.7 Å². The molecule has 0 aliphatic heterocycles. The van der Waals surface area contributed by atoms with Crippen molar-refractivity contribution in [3.63, 3.8) is 0 Å². The zero-order valence-electron chi connectivity index (χ0n) is 17.1. The number of aryl methyl sites for hydroxylation is 1. The van der Waals surface area contributed by atoms with E-state index in [4.69, 9.17) is 16.3 Å². The first-order valence-corrected chi connectivity index (χ1v) is 11.4. The standard InChI is InChI=1S/C23H23ClN2O4S/c1-16-11-12-21(30-2)22(13-16)31(28,29)26-20(14-17-7-4-3-5-8-17)23(27)25-19-10-6-9-18(24)15-19/h3-13,15,20,26H,14H2,1-2H3,(H,25,27)/t20-/m0/s1. The highest BCUT2D eigenvalue weighted by atomic mass is 35.5. The highest BCUT2D eigenvalue weighted by Crippen LogP contribution is 2.25. The van der Waals surface area contributed by atoms with Crippen molar-refractivity contribution in [3.8, 4) is 5.75 Å². The van der Waals surface area contributed by atoms with Gasteiger partial charge in [-0.25, -0.2) is 8.42 Å². The Bertz CT molecular complexity index is 1170. The molecule has 0 radical (unpaired) electrons. The first-order chi connectivity index (χ1) is 14.8. The molecule has 0 spiro atoms. The summed E-state index contributed by atoms with van der Waals surface area (Å²) in [5.41, 5.74) is 2.04. The Morgan fingerprint density at radius 2 is 1.77 bits per heavy atom. The van der Waals surface area contributed by atoms with Crippen LogP contribution in [0.15, 0.2) is 77.7 Å². The molecule has 1 amide bonds. The minimum Gasteiger partial charge on any atom is -0.495 e. The zero-order valence-corrected chi connectivity index (χ0v) is 18.7. The van der Waals surface area contributed by atoms with Crippen molar-refractivity contribution in [2.75, 3.05) is 12.4 Å². The van der Waals surface area contributed by atoms with Crippen molar-refractivity contribution in [3.05, 3.63) is 88.9 Å². The molecule has 0 fully saturated rings. The van der Waals surface area contributed by atoms with E-state index in [2.05, 4.69) is 10.0 Å². The summed E-state index contributed by atoms with van der Waals surface area (Å²) >= 11 is 6.00. The first-order valence-electron chi connectivity index (χ1n) is 9.56. The maximum atomic E-state index is 13.2. The quantitative estimate of drug-likeness (QED) is 0.530. The smallest absolute Gasteiger partial charge is 0.245 e. The van der Waals surface area contributed by atoms with Crippen LogP contribution in [-0.2, 0) is 21.2 Å². The summed E-state index contributed by atoms with van der Waals surface area (Å²) in [6.07, 6.45) is 0.167. The lowest BCUT2D eigenvalue weighted by molar-refractivity contribution is -0.117. The van der Waals surface area contributed by atoms with Gasteiger partial charge in [0.25, 0.3) is 0 Å². The molecule has 3 rings (SSSR count). The van der Waals surface area contributed by atoms with E-state index in [-0.39, 0.29) is 17.1 Å². The Balaban J connectivity index is 1.92. The van der Waals surface area contributed by atoms with Crippen molar-refractivity contribution in [2.45, 2.75) is 24.3 Å². The van der Waals surface area contributed by atoms with Crippen LogP contribution in [0.2, 0.25) is 5.02 Å². The second-order valence-corrected chi connectivity index (χ2v) is 9.14. The Morgan fingerprint density at radius 1 is 1.03 bits per heavy atom. The van der Waals surface area contributed by atoms with E-state index in [0.717, 1.165) is 11.1 Å². The number of hydrogen-bond acceptors (Lipinski definition) is 4. The molecule has 3 aromatic carbocycles. The number of sulfonamides is 1. The summed E-state index contributed by atoms with van der Waals surface area (Å²) < 4.78 is 34.1. The second kappa shape index (κ2) is 9.96. The van der Waals surface area contributed by atoms with Crippen molar-refractivity contribution in [2.24, 2.45) is 0 Å². The maximum Gasteiger partial charge on any atom is 0.245 e. The van der Waals surface area contributed by atoms with E-state index in [1.807, 2.05) is 30.3 Å². The van der Waals surface area contributed by atoms with Crippen LogP contribution in [0.3, 0.4) is 0 Å². The zero-order chi connectivity index (χ0) is 22.4. The van der Waals surface area contributed by atoms with Gasteiger partial charge in [-0.05, 0) is 54.8 Å². The van der Waals surface area contributed by atoms with Gasteiger partial charge in [-0.15, -0.1) is 0 Å². The maximum absolute atomic E-state index is 13.2. The van der Waals surface area contributed by atoms with Crippen molar-refractivity contribution >= 4 is 33.2 Å². The Morgan fingerprint density at radius 3 is 2.45 bits per heavy atom. The lowest BCUT2D eigenvalue weighted by Gasteiger charge is -2.20. The van der Waals surface area contributed by atoms with Crippen LogP contribution in [0.1, 0.15) is 11.1 Å². The monoisotopic (exact) mass is 458 g/mol. The Labute approximate surface area is 187 Å². The average Bonchev–Trinajstić information content (AvgIpc) is 2.74. The van der Waals surface area contributed by atoms with E-state index in [1.54, 1.807) is 43.3 Å². The van der Waals surface area contributed by atoms with E-state index in [0.29, 0.717) is 10.7 Å². The van der Waals surface area contributed by atoms with Gasteiger partial charge >= 0.3 is 0 Å². The molecule has 0 aliphatic rings. The highest BCUT2D eigenvalue weighted by Gasteiger charge is 2.28. The van der Waals surface area contributed by atoms with Crippen LogP contribution in [0.5, 0.6) is 5.75 Å². The number of rotatable bonds is 8. The minimum absolute atomic E-state index is 0.0244. The third-order valence-electron chi connectivity index (χ3n) is 4.60. The molecule has 8 heteroatoms. The van der Waals surface area contributed by atoms with Gasteiger partial charge in [0.05, 0.1) is 7.11 Å². The first kappa shape index (κ1) is 22.8. The number of ether oxygens (including phenoxy) is 1. The van der Waals surface area contributed by atoms with Crippen molar-refractivity contribution in [1.29, 1.82) is 0 Å². The van der Waals surface area contributed by atoms with Gasteiger partial charge in [0.2, 0.25) is 15.9 Å². The number of nitrogens with one attached hydrogen (secondary N) is 2. The molecular weight excluding hydrogens is 436 g/mol. The SMILES string of the molecule is COc1ccc(C)cc1S(=O)(=O)N[C@@H](Cc1ccccc1)C(=O)Nc1cccc(Cl)c1. The fourth-order valence-electron chi connectivity index (χ4n) is 3.08. The summed E-state index contributed by atoms with van der Waals surface area (Å²) in [5, 5.41) is 3.20. The molecule has 0 aliphatic carbocycles. The predicted octanol–water partition coefficient (Wildman–Crippen LogP) is 4.19. The van der Waals surface area contributed by atoms with Crippen LogP contribution in [0.25, 0.3) is 0 Å². The number of benzene rings is 3. The van der Waals surface area contributed by atoms with Crippen LogP contribution < -0.4 is 14.8 Å². The Kier molecular flexibility index (Phi) is 7.33. The van der Waals surface area contributed by atoms with Crippen molar-refractivity contribution in [1.82, 2.24) is 4.72 Å². The fourth-order valence-corrected chi connectivity index (χ4v) is 4.72. The number of hydrogen-bond donors (Lipinski definition) is 2. The summed E-state index contributed by atoms with van der Waals surface area (Å²) in [7, 11) is -2.65. The molecule has 6 nitrogen and oxygen atoms in total. The number of anilines is 1. The lowest BCUT2D eigenvalue weighted by atomic mass is 10.1. The van der Waals surface area contributed by atoms with E-state index >= 15 is 0 Å². The van der Waals surface area contributed by atoms with Gasteiger partial charge in [-0.2, -0.15) is 4.72 Å². The number of carbonyl (C=O) groups excluding carboxylic acids is 1. The van der Waals surface area contributed by atoms with Gasteiger partial charge < -0.3 is 10.1 Å². The topological polar surface area (TPSA) is 84.5 Å². The van der Waals surface area contributed by atoms with Crippen LogP contribution >= 0.6 is 11.6 Å². The summed E-state index contributed by atoms with van der Waals surface area (Å²) in [4.78, 5) is 13.0. The third kappa shape index (κ3) is 6.07. The molecule has 1 atom stereocenters. The fraction of sp³-hybridized carbons (Fsp3) is 0.174. The molecule has 162 valence electrons. The van der Waals surface area contributed by atoms with E-state index in [1.165, 1.54) is 13.2 Å². The molecule has 0 saturated carbocycles. The molecule has 0 heterocycles. The second-order valence-electron chi connectivity index (χ2n) is 7.02. The number of methoxy groups -OCH3 is 1. The molecular formula is C23H23ClN2O4S. The average molecular weight is 459 g/mol. The predicted molar refractivity (Wildman–Crippen MR) is 122 cm³/mol.